The summed E-state index contributed by atoms with van der Waals surface area (Å²) in [5, 5.41) is 2.47. The van der Waals surface area contributed by atoms with E-state index in [1.54, 1.807) is 29.2 Å². The Bertz CT molecular complexity index is 1140. The molecule has 0 saturated carbocycles. The number of nitrogens with one attached hydrogen (secondary N) is 1. The van der Waals surface area contributed by atoms with E-state index in [0.717, 1.165) is 41.8 Å². The summed E-state index contributed by atoms with van der Waals surface area (Å²) in [6, 6.07) is 15.5. The third-order valence-corrected chi connectivity index (χ3v) is 5.15. The standard InChI is InChI=1S/C24H20F2N2O2/c1-15-4-2-5-18(12-15)24(30)28-11-3-6-16-13-17(7-10-22(16)28)23(29)27-21-9-8-19(25)14-20(21)26/h2,4-5,7-10,12-14H,3,6,11H2,1H3,(H,27,29). The fourth-order valence-electron chi connectivity index (χ4n) is 3.67. The Morgan fingerprint density at radius 3 is 2.57 bits per heavy atom. The van der Waals surface area contributed by atoms with Gasteiger partial charge in [-0.3, -0.25) is 9.59 Å². The van der Waals surface area contributed by atoms with E-state index in [1.807, 2.05) is 25.1 Å². The number of rotatable bonds is 3. The molecule has 3 aromatic carbocycles. The normalized spacial score (nSPS) is 13.0. The van der Waals surface area contributed by atoms with Crippen LogP contribution in [0.4, 0.5) is 20.2 Å². The molecule has 3 aromatic rings. The molecule has 0 saturated heterocycles. The maximum atomic E-state index is 13.8. The van der Waals surface area contributed by atoms with E-state index >= 15 is 0 Å². The van der Waals surface area contributed by atoms with Crippen molar-refractivity contribution in [2.75, 3.05) is 16.8 Å². The lowest BCUT2D eigenvalue weighted by atomic mass is 9.98. The van der Waals surface area contributed by atoms with Crippen LogP contribution in [0.1, 0.15) is 38.3 Å². The fraction of sp³-hybridized carbons (Fsp3) is 0.167. The van der Waals surface area contributed by atoms with Gasteiger partial charge in [0, 0.05) is 29.4 Å². The molecule has 4 nitrogen and oxygen atoms in total. The van der Waals surface area contributed by atoms with E-state index in [4.69, 9.17) is 0 Å². The molecule has 0 bridgehead atoms. The maximum absolute atomic E-state index is 13.8. The molecule has 152 valence electrons. The number of aryl methyl sites for hydroxylation is 2. The van der Waals surface area contributed by atoms with Gasteiger partial charge in [0.05, 0.1) is 5.69 Å². The van der Waals surface area contributed by atoms with Crippen molar-refractivity contribution in [2.45, 2.75) is 19.8 Å². The topological polar surface area (TPSA) is 49.4 Å². The Morgan fingerprint density at radius 2 is 1.80 bits per heavy atom. The molecule has 1 aliphatic heterocycles. The van der Waals surface area contributed by atoms with Crippen molar-refractivity contribution >= 4 is 23.2 Å². The molecule has 0 unspecified atom stereocenters. The highest BCUT2D eigenvalue weighted by Gasteiger charge is 2.24. The number of hydrogen-bond donors (Lipinski definition) is 1. The largest absolute Gasteiger partial charge is 0.319 e. The third-order valence-electron chi connectivity index (χ3n) is 5.15. The lowest BCUT2D eigenvalue weighted by Gasteiger charge is -2.30. The van der Waals surface area contributed by atoms with E-state index in [-0.39, 0.29) is 11.6 Å². The van der Waals surface area contributed by atoms with Crippen LogP contribution >= 0.6 is 0 Å². The molecule has 1 N–H and O–H groups in total. The van der Waals surface area contributed by atoms with Crippen LogP contribution in [0, 0.1) is 18.6 Å². The number of carbonyl (C=O) groups is 2. The maximum Gasteiger partial charge on any atom is 0.258 e. The third kappa shape index (κ3) is 3.94. The lowest BCUT2D eigenvalue weighted by molar-refractivity contribution is 0.0984. The summed E-state index contributed by atoms with van der Waals surface area (Å²) >= 11 is 0. The molecule has 4 rings (SSSR count). The molecule has 0 spiro atoms. The van der Waals surface area contributed by atoms with Gasteiger partial charge in [-0.25, -0.2) is 8.78 Å². The molecule has 2 amide bonds. The molecule has 0 atom stereocenters. The zero-order valence-electron chi connectivity index (χ0n) is 16.4. The van der Waals surface area contributed by atoms with E-state index < -0.39 is 17.5 Å². The van der Waals surface area contributed by atoms with E-state index in [0.29, 0.717) is 17.7 Å². The Labute approximate surface area is 173 Å². The van der Waals surface area contributed by atoms with Crippen molar-refractivity contribution in [3.8, 4) is 0 Å². The molecule has 0 fully saturated rings. The second-order valence-electron chi connectivity index (χ2n) is 7.35. The highest BCUT2D eigenvalue weighted by atomic mass is 19.1. The van der Waals surface area contributed by atoms with Gasteiger partial charge in [0.1, 0.15) is 11.6 Å². The van der Waals surface area contributed by atoms with Crippen molar-refractivity contribution in [1.82, 2.24) is 0 Å². The number of anilines is 2. The average Bonchev–Trinajstić information content (AvgIpc) is 2.74. The first kappa shape index (κ1) is 19.8. The summed E-state index contributed by atoms with van der Waals surface area (Å²) in [6.07, 6.45) is 1.52. The molecule has 1 heterocycles. The van der Waals surface area contributed by atoms with Gasteiger partial charge in [-0.15, -0.1) is 0 Å². The lowest BCUT2D eigenvalue weighted by Crippen LogP contribution is -2.35. The van der Waals surface area contributed by atoms with Crippen LogP contribution in [-0.4, -0.2) is 18.4 Å². The molecule has 6 heteroatoms. The first-order valence-electron chi connectivity index (χ1n) is 9.70. The quantitative estimate of drug-likeness (QED) is 0.656. The van der Waals surface area contributed by atoms with Crippen LogP contribution in [0.25, 0.3) is 0 Å². The molecular weight excluding hydrogens is 386 g/mol. The summed E-state index contributed by atoms with van der Waals surface area (Å²) in [5.74, 6) is -2.12. The number of amides is 2. The fourth-order valence-corrected chi connectivity index (χ4v) is 3.67. The van der Waals surface area contributed by atoms with Gasteiger partial charge in [0.25, 0.3) is 11.8 Å². The Balaban J connectivity index is 1.58. The minimum absolute atomic E-state index is 0.0785. The van der Waals surface area contributed by atoms with Gasteiger partial charge in [0.15, 0.2) is 0 Å². The van der Waals surface area contributed by atoms with Crippen LogP contribution in [-0.2, 0) is 6.42 Å². The van der Waals surface area contributed by atoms with Gasteiger partial charge >= 0.3 is 0 Å². The van der Waals surface area contributed by atoms with Crippen molar-refractivity contribution in [3.63, 3.8) is 0 Å². The zero-order chi connectivity index (χ0) is 21.3. The van der Waals surface area contributed by atoms with Crippen molar-refractivity contribution in [3.05, 3.63) is 94.6 Å². The second-order valence-corrected chi connectivity index (χ2v) is 7.35. The number of nitrogens with zero attached hydrogens (tertiary/aromatic N) is 1. The Hall–Kier alpha value is -3.54. The van der Waals surface area contributed by atoms with Gasteiger partial charge < -0.3 is 10.2 Å². The van der Waals surface area contributed by atoms with Gasteiger partial charge in [-0.2, -0.15) is 0 Å². The highest BCUT2D eigenvalue weighted by molar-refractivity contribution is 6.08. The number of benzene rings is 3. The SMILES string of the molecule is Cc1cccc(C(=O)N2CCCc3cc(C(=O)Nc4ccc(F)cc4F)ccc32)c1. The predicted molar refractivity (Wildman–Crippen MR) is 112 cm³/mol. The van der Waals surface area contributed by atoms with Crippen molar-refractivity contribution < 1.29 is 18.4 Å². The minimum Gasteiger partial charge on any atom is -0.319 e. The molecule has 30 heavy (non-hydrogen) atoms. The Morgan fingerprint density at radius 1 is 0.967 bits per heavy atom. The predicted octanol–water partition coefficient (Wildman–Crippen LogP) is 5.12. The van der Waals surface area contributed by atoms with E-state index in [9.17, 15) is 18.4 Å². The first-order valence-corrected chi connectivity index (χ1v) is 9.70. The number of hydrogen-bond acceptors (Lipinski definition) is 2. The van der Waals surface area contributed by atoms with Crippen molar-refractivity contribution in [2.24, 2.45) is 0 Å². The zero-order valence-corrected chi connectivity index (χ0v) is 16.4. The van der Waals surface area contributed by atoms with Crippen LogP contribution in [0.2, 0.25) is 0 Å². The number of fused-ring (bicyclic) bond motifs is 1. The summed E-state index contributed by atoms with van der Waals surface area (Å²) < 4.78 is 26.9. The van der Waals surface area contributed by atoms with E-state index in [1.165, 1.54) is 6.07 Å². The molecule has 0 aromatic heterocycles. The van der Waals surface area contributed by atoms with E-state index in [2.05, 4.69) is 5.32 Å². The molecule has 0 aliphatic carbocycles. The second kappa shape index (κ2) is 8.06. The van der Waals surface area contributed by atoms with Gasteiger partial charge in [0.2, 0.25) is 0 Å². The van der Waals surface area contributed by atoms with Gasteiger partial charge in [-0.05, 0) is 67.8 Å². The van der Waals surface area contributed by atoms with Crippen LogP contribution < -0.4 is 10.2 Å². The summed E-state index contributed by atoms with van der Waals surface area (Å²) in [6.45, 7) is 2.54. The highest BCUT2D eigenvalue weighted by Crippen LogP contribution is 2.30. The number of carbonyl (C=O) groups excluding carboxylic acids is 2. The summed E-state index contributed by atoms with van der Waals surface area (Å²) in [7, 11) is 0. The van der Waals surface area contributed by atoms with Crippen LogP contribution in [0.5, 0.6) is 0 Å². The first-order chi connectivity index (χ1) is 14.4. The number of halogens is 2. The monoisotopic (exact) mass is 406 g/mol. The average molecular weight is 406 g/mol. The molecular formula is C24H20F2N2O2. The molecule has 0 radical (unpaired) electrons. The summed E-state index contributed by atoms with van der Waals surface area (Å²) in [4.78, 5) is 27.3. The van der Waals surface area contributed by atoms with Crippen LogP contribution in [0.15, 0.2) is 60.7 Å². The van der Waals surface area contributed by atoms with Crippen LogP contribution in [0.3, 0.4) is 0 Å². The molecule has 1 aliphatic rings. The summed E-state index contributed by atoms with van der Waals surface area (Å²) in [5.41, 5.74) is 3.55. The van der Waals surface area contributed by atoms with Crippen molar-refractivity contribution in [1.29, 1.82) is 0 Å². The smallest absolute Gasteiger partial charge is 0.258 e. The minimum atomic E-state index is -0.837. The Kier molecular flexibility index (Phi) is 5.31. The van der Waals surface area contributed by atoms with Gasteiger partial charge in [-0.1, -0.05) is 17.7 Å².